The molecule has 1 aromatic carbocycles. The molecule has 1 amide bonds. The Morgan fingerprint density at radius 2 is 2.03 bits per heavy atom. The summed E-state index contributed by atoms with van der Waals surface area (Å²) in [4.78, 5) is 27.8. The Kier molecular flexibility index (Phi) is 6.65. The van der Waals surface area contributed by atoms with Crippen LogP contribution in [0.4, 0.5) is 11.8 Å². The first kappa shape index (κ1) is 21.8. The van der Waals surface area contributed by atoms with Crippen LogP contribution in [0, 0.1) is 0 Å². The predicted octanol–water partition coefficient (Wildman–Crippen LogP) is 3.53. The van der Waals surface area contributed by atoms with Crippen molar-refractivity contribution in [1.29, 1.82) is 0 Å². The molecule has 4 rings (SSSR count). The zero-order valence-corrected chi connectivity index (χ0v) is 18.5. The molecule has 3 aromatic rings. The molecule has 0 aliphatic carbocycles. The van der Waals surface area contributed by atoms with Crippen LogP contribution in [0.15, 0.2) is 36.7 Å². The molecule has 0 bridgehead atoms. The first-order valence-electron chi connectivity index (χ1n) is 11.0. The molecule has 1 aliphatic rings. The topological polar surface area (TPSA) is 108 Å². The van der Waals surface area contributed by atoms with Gasteiger partial charge in [0.25, 0.3) is 5.91 Å². The van der Waals surface area contributed by atoms with E-state index in [2.05, 4.69) is 33.6 Å². The minimum Gasteiger partial charge on any atom is -0.364 e. The molecule has 3 heterocycles. The maximum absolute atomic E-state index is 11.2. The van der Waals surface area contributed by atoms with Crippen LogP contribution in [-0.4, -0.2) is 43.7 Å². The van der Waals surface area contributed by atoms with E-state index >= 15 is 0 Å². The molecule has 0 spiro atoms. The number of amides is 1. The van der Waals surface area contributed by atoms with Crippen molar-refractivity contribution in [3.05, 3.63) is 47.8 Å². The van der Waals surface area contributed by atoms with Gasteiger partial charge in [0, 0.05) is 31.8 Å². The average molecular weight is 436 g/mol. The number of imidazole rings is 1. The fraction of sp³-hybridized carbons (Fsp3) is 0.391. The Morgan fingerprint density at radius 1 is 1.22 bits per heavy atom. The van der Waals surface area contributed by atoms with Gasteiger partial charge >= 0.3 is 0 Å². The highest BCUT2D eigenvalue weighted by atomic mass is 16.5. The van der Waals surface area contributed by atoms with Gasteiger partial charge in [0.15, 0.2) is 17.0 Å². The van der Waals surface area contributed by atoms with Crippen molar-refractivity contribution >= 4 is 34.9 Å². The van der Waals surface area contributed by atoms with Crippen molar-refractivity contribution in [2.75, 3.05) is 23.3 Å². The highest BCUT2D eigenvalue weighted by molar-refractivity contribution is 5.90. The lowest BCUT2D eigenvalue weighted by atomic mass is 10.1. The zero-order valence-electron chi connectivity index (χ0n) is 18.5. The Labute approximate surface area is 187 Å². The summed E-state index contributed by atoms with van der Waals surface area (Å²) in [6.45, 7) is 6.72. The summed E-state index contributed by atoms with van der Waals surface area (Å²) in [6, 6.07) is 8.05. The molecule has 2 aromatic heterocycles. The van der Waals surface area contributed by atoms with Gasteiger partial charge in [-0.2, -0.15) is 9.97 Å². The number of piperidine rings is 1. The van der Waals surface area contributed by atoms with Crippen molar-refractivity contribution < 1.29 is 10.0 Å². The molecule has 3 N–H and O–H groups in total. The first-order chi connectivity index (χ1) is 15.5. The smallest absolute Gasteiger partial charge is 0.267 e. The monoisotopic (exact) mass is 435 g/mol. The van der Waals surface area contributed by atoms with E-state index in [9.17, 15) is 4.79 Å². The van der Waals surface area contributed by atoms with E-state index in [1.165, 1.54) is 12.5 Å². The molecule has 1 saturated heterocycles. The van der Waals surface area contributed by atoms with E-state index in [4.69, 9.17) is 15.2 Å². The van der Waals surface area contributed by atoms with Gasteiger partial charge in [-0.05, 0) is 56.4 Å². The van der Waals surface area contributed by atoms with Crippen LogP contribution in [-0.2, 0) is 11.3 Å². The Bertz CT molecular complexity index is 1120. The molecule has 1 fully saturated rings. The van der Waals surface area contributed by atoms with Crippen molar-refractivity contribution in [3.63, 3.8) is 0 Å². The summed E-state index contributed by atoms with van der Waals surface area (Å²) in [7, 11) is 0. The van der Waals surface area contributed by atoms with E-state index in [1.807, 2.05) is 30.6 Å². The lowest BCUT2D eigenvalue weighted by Crippen LogP contribution is -2.31. The summed E-state index contributed by atoms with van der Waals surface area (Å²) in [5.74, 6) is 0.896. The van der Waals surface area contributed by atoms with Crippen LogP contribution in [0.1, 0.15) is 50.3 Å². The number of hydroxylamine groups is 1. The first-order valence-corrected chi connectivity index (χ1v) is 11.0. The second kappa shape index (κ2) is 9.78. The normalized spacial score (nSPS) is 14.4. The number of fused-ring (bicyclic) bond motifs is 1. The summed E-state index contributed by atoms with van der Waals surface area (Å²) in [5, 5.41) is 12.1. The van der Waals surface area contributed by atoms with Crippen LogP contribution in [0.25, 0.3) is 17.2 Å². The summed E-state index contributed by atoms with van der Waals surface area (Å²) >= 11 is 0. The highest BCUT2D eigenvalue weighted by Gasteiger charge is 2.19. The van der Waals surface area contributed by atoms with Gasteiger partial charge in [0.05, 0.1) is 6.33 Å². The van der Waals surface area contributed by atoms with Gasteiger partial charge in [-0.25, -0.2) is 10.5 Å². The molecular weight excluding hydrogens is 406 g/mol. The molecule has 168 valence electrons. The number of benzene rings is 1. The summed E-state index contributed by atoms with van der Waals surface area (Å²) in [5.41, 5.74) is 5.08. The number of nitrogens with one attached hydrogen (secondary N) is 2. The van der Waals surface area contributed by atoms with Gasteiger partial charge in [-0.15, -0.1) is 0 Å². The Morgan fingerprint density at radius 3 is 2.78 bits per heavy atom. The summed E-state index contributed by atoms with van der Waals surface area (Å²) in [6.07, 6.45) is 8.32. The molecule has 0 saturated carbocycles. The average Bonchev–Trinajstić information content (AvgIpc) is 3.26. The number of anilines is 2. The van der Waals surface area contributed by atoms with Crippen LogP contribution in [0.2, 0.25) is 0 Å². The van der Waals surface area contributed by atoms with Crippen LogP contribution >= 0.6 is 0 Å². The van der Waals surface area contributed by atoms with Gasteiger partial charge in [0.1, 0.15) is 0 Å². The van der Waals surface area contributed by atoms with Crippen molar-refractivity contribution in [1.82, 2.24) is 25.0 Å². The minimum absolute atomic E-state index is 0.247. The number of nitrogens with zero attached hydrogens (tertiary/aromatic N) is 5. The predicted molar refractivity (Wildman–Crippen MR) is 125 cm³/mol. The molecule has 1 aliphatic heterocycles. The lowest BCUT2D eigenvalue weighted by Gasteiger charge is -2.27. The molecule has 0 radical (unpaired) electrons. The fourth-order valence-corrected chi connectivity index (χ4v) is 3.84. The molecule has 0 unspecified atom stereocenters. The van der Waals surface area contributed by atoms with E-state index in [0.29, 0.717) is 6.54 Å². The Hall–Kier alpha value is -3.46. The molecule has 9 nitrogen and oxygen atoms in total. The van der Waals surface area contributed by atoms with Crippen molar-refractivity contribution in [2.24, 2.45) is 0 Å². The third kappa shape index (κ3) is 4.88. The number of aromatic nitrogens is 4. The van der Waals surface area contributed by atoms with Crippen LogP contribution in [0.3, 0.4) is 0 Å². The Balaban J connectivity index is 1.61. The molecule has 9 heteroatoms. The maximum Gasteiger partial charge on any atom is 0.267 e. The number of hydrogen-bond acceptors (Lipinski definition) is 7. The van der Waals surface area contributed by atoms with E-state index in [0.717, 1.165) is 60.0 Å². The maximum atomic E-state index is 11.2. The van der Waals surface area contributed by atoms with Crippen LogP contribution < -0.4 is 15.7 Å². The number of carbonyl (C=O) groups is 1. The van der Waals surface area contributed by atoms with Crippen LogP contribution in [0.5, 0.6) is 0 Å². The standard InChI is InChI=1S/C23H29N7O2/c1-16(2)30-15-25-20-21(26-23(27-22(20)30)29-11-4-3-5-12-29)24-14-18-8-6-7-17(13-18)9-10-19(31)28-32/h6-10,13,15-16,32H,3-5,11-12,14H2,1-2H3,(H,28,31)(H,24,26,27)/b10-9+. The largest absolute Gasteiger partial charge is 0.364 e. The van der Waals surface area contributed by atoms with Gasteiger partial charge in [-0.1, -0.05) is 18.2 Å². The molecule has 0 atom stereocenters. The van der Waals surface area contributed by atoms with E-state index in [1.54, 1.807) is 11.6 Å². The lowest BCUT2D eigenvalue weighted by molar-refractivity contribution is -0.124. The molecule has 32 heavy (non-hydrogen) atoms. The number of hydrogen-bond donors (Lipinski definition) is 3. The fourth-order valence-electron chi connectivity index (χ4n) is 3.84. The SMILES string of the molecule is CC(C)n1cnc2c(NCc3cccc(/C=C/C(=O)NO)c3)nc(N3CCCCC3)nc21. The van der Waals surface area contributed by atoms with Crippen molar-refractivity contribution in [3.8, 4) is 0 Å². The second-order valence-corrected chi connectivity index (χ2v) is 8.25. The highest BCUT2D eigenvalue weighted by Crippen LogP contribution is 2.26. The van der Waals surface area contributed by atoms with Gasteiger partial charge in [-0.3, -0.25) is 10.0 Å². The number of rotatable bonds is 7. The van der Waals surface area contributed by atoms with E-state index < -0.39 is 5.91 Å². The third-order valence-electron chi connectivity index (χ3n) is 5.55. The second-order valence-electron chi connectivity index (χ2n) is 8.25. The molecular formula is C23H29N7O2. The minimum atomic E-state index is -0.567. The van der Waals surface area contributed by atoms with Gasteiger partial charge in [0.2, 0.25) is 5.95 Å². The zero-order chi connectivity index (χ0) is 22.5. The van der Waals surface area contributed by atoms with Gasteiger partial charge < -0.3 is 14.8 Å². The number of carbonyl (C=O) groups excluding carboxylic acids is 1. The van der Waals surface area contributed by atoms with Crippen molar-refractivity contribution in [2.45, 2.75) is 45.7 Å². The summed E-state index contributed by atoms with van der Waals surface area (Å²) < 4.78 is 2.08. The third-order valence-corrected chi connectivity index (χ3v) is 5.55. The quantitative estimate of drug-likeness (QED) is 0.296. The van der Waals surface area contributed by atoms with E-state index in [-0.39, 0.29) is 6.04 Å².